The molecule has 1 atom stereocenters. The first-order valence-electron chi connectivity index (χ1n) is 9.85. The van der Waals surface area contributed by atoms with Crippen LogP contribution < -0.4 is 10.1 Å². The minimum Gasteiger partial charge on any atom is -0.439 e. The van der Waals surface area contributed by atoms with Crippen LogP contribution in [0.2, 0.25) is 0 Å². The van der Waals surface area contributed by atoms with Crippen LogP contribution in [0.25, 0.3) is 10.2 Å². The van der Waals surface area contributed by atoms with Crippen LogP contribution in [0.15, 0.2) is 79.0 Å². The van der Waals surface area contributed by atoms with Crippen molar-refractivity contribution in [3.05, 3.63) is 84.6 Å². The molecular weight excluding hydrogens is 378 g/mol. The summed E-state index contributed by atoms with van der Waals surface area (Å²) in [6.07, 6.45) is 9.61. The van der Waals surface area contributed by atoms with Gasteiger partial charge < -0.3 is 10.1 Å². The fourth-order valence-corrected chi connectivity index (χ4v) is 4.53. The second-order valence-electron chi connectivity index (χ2n) is 7.12. The van der Waals surface area contributed by atoms with Gasteiger partial charge in [-0.15, -0.1) is 0 Å². The Balaban J connectivity index is 1.31. The number of nitrogens with zero attached hydrogens (tertiary/aromatic N) is 2. The Morgan fingerprint density at radius 3 is 2.69 bits per heavy atom. The maximum Gasteiger partial charge on any atom is 0.222 e. The maximum absolute atomic E-state index is 6.14. The second-order valence-corrected chi connectivity index (χ2v) is 8.15. The molecule has 29 heavy (non-hydrogen) atoms. The molecule has 0 saturated carbocycles. The Kier molecular flexibility index (Phi) is 4.97. The van der Waals surface area contributed by atoms with E-state index in [9.17, 15) is 0 Å². The maximum atomic E-state index is 6.14. The lowest BCUT2D eigenvalue weighted by Gasteiger charge is -2.20. The van der Waals surface area contributed by atoms with E-state index in [-0.39, 0.29) is 0 Å². The van der Waals surface area contributed by atoms with Crippen molar-refractivity contribution in [2.24, 2.45) is 0 Å². The first-order valence-corrected chi connectivity index (χ1v) is 10.7. The van der Waals surface area contributed by atoms with Gasteiger partial charge in [0.1, 0.15) is 5.75 Å². The molecule has 144 valence electrons. The van der Waals surface area contributed by atoms with E-state index in [0.29, 0.717) is 11.8 Å². The van der Waals surface area contributed by atoms with Crippen LogP contribution in [-0.4, -0.2) is 9.97 Å². The Labute approximate surface area is 173 Å². The highest BCUT2D eigenvalue weighted by Crippen LogP contribution is 2.36. The van der Waals surface area contributed by atoms with Crippen molar-refractivity contribution < 1.29 is 4.74 Å². The number of pyridine rings is 1. The Morgan fingerprint density at radius 1 is 0.966 bits per heavy atom. The van der Waals surface area contributed by atoms with E-state index in [1.54, 1.807) is 17.5 Å². The summed E-state index contributed by atoms with van der Waals surface area (Å²) in [6.45, 7) is 0. The number of anilines is 2. The average molecular weight is 400 g/mol. The molecular formula is C24H21N3OS. The lowest BCUT2D eigenvalue weighted by Crippen LogP contribution is -2.04. The predicted molar refractivity (Wildman–Crippen MR) is 119 cm³/mol. The zero-order valence-corrected chi connectivity index (χ0v) is 16.7. The van der Waals surface area contributed by atoms with Crippen LogP contribution in [0.5, 0.6) is 11.6 Å². The van der Waals surface area contributed by atoms with E-state index in [1.165, 1.54) is 10.3 Å². The monoisotopic (exact) mass is 399 g/mol. The highest BCUT2D eigenvalue weighted by atomic mass is 32.1. The summed E-state index contributed by atoms with van der Waals surface area (Å²) in [4.78, 5) is 9.12. The largest absolute Gasteiger partial charge is 0.439 e. The topological polar surface area (TPSA) is 47.0 Å². The number of ether oxygens (including phenoxy) is 1. The van der Waals surface area contributed by atoms with Crippen molar-refractivity contribution >= 4 is 32.4 Å². The van der Waals surface area contributed by atoms with Crippen LogP contribution in [0, 0.1) is 0 Å². The second kappa shape index (κ2) is 8.05. The fraction of sp³-hybridized carbons (Fsp3) is 0.167. The molecule has 0 aliphatic heterocycles. The van der Waals surface area contributed by atoms with Crippen molar-refractivity contribution in [2.45, 2.75) is 25.2 Å². The van der Waals surface area contributed by atoms with Gasteiger partial charge in [-0.2, -0.15) is 0 Å². The summed E-state index contributed by atoms with van der Waals surface area (Å²) in [5.74, 6) is 1.97. The number of benzene rings is 2. The van der Waals surface area contributed by atoms with E-state index >= 15 is 0 Å². The number of allylic oxidation sites excluding steroid dienone is 2. The van der Waals surface area contributed by atoms with Crippen molar-refractivity contribution in [1.29, 1.82) is 0 Å². The molecule has 1 aliphatic carbocycles. The third kappa shape index (κ3) is 4.00. The Bertz CT molecular complexity index is 1120. The first-order chi connectivity index (χ1) is 14.3. The smallest absolute Gasteiger partial charge is 0.222 e. The molecule has 5 rings (SSSR count). The van der Waals surface area contributed by atoms with E-state index in [4.69, 9.17) is 4.74 Å². The molecule has 0 saturated heterocycles. The predicted octanol–water partition coefficient (Wildman–Crippen LogP) is 7.05. The van der Waals surface area contributed by atoms with Crippen molar-refractivity contribution in [1.82, 2.24) is 9.97 Å². The summed E-state index contributed by atoms with van der Waals surface area (Å²) in [7, 11) is 0. The van der Waals surface area contributed by atoms with Gasteiger partial charge in [-0.1, -0.05) is 41.7 Å². The van der Waals surface area contributed by atoms with Crippen LogP contribution in [0.1, 0.15) is 30.7 Å². The van der Waals surface area contributed by atoms with Gasteiger partial charge >= 0.3 is 0 Å². The molecule has 0 amide bonds. The van der Waals surface area contributed by atoms with Gasteiger partial charge in [0.15, 0.2) is 5.13 Å². The summed E-state index contributed by atoms with van der Waals surface area (Å²) < 4.78 is 7.32. The van der Waals surface area contributed by atoms with Crippen LogP contribution in [0.3, 0.4) is 0 Å². The normalized spacial score (nSPS) is 16.1. The van der Waals surface area contributed by atoms with E-state index < -0.39 is 0 Å². The van der Waals surface area contributed by atoms with Crippen molar-refractivity contribution in [2.75, 3.05) is 5.32 Å². The zero-order valence-electron chi connectivity index (χ0n) is 15.9. The SMILES string of the molecule is C1=CCC(c2cccnc2Oc2ccc(Nc3nc4ccccc4s3)cc2)CC1. The number of hydrogen-bond donors (Lipinski definition) is 1. The molecule has 1 N–H and O–H groups in total. The number of hydrogen-bond acceptors (Lipinski definition) is 5. The highest BCUT2D eigenvalue weighted by molar-refractivity contribution is 7.22. The minimum absolute atomic E-state index is 0.476. The molecule has 0 fully saturated rings. The number of fused-ring (bicyclic) bond motifs is 1. The van der Waals surface area contributed by atoms with Gasteiger partial charge in [0.25, 0.3) is 0 Å². The number of aromatic nitrogens is 2. The molecule has 5 heteroatoms. The third-order valence-electron chi connectivity index (χ3n) is 5.12. The molecule has 0 radical (unpaired) electrons. The van der Waals surface area contributed by atoms with Gasteiger partial charge in [0.05, 0.1) is 10.2 Å². The van der Waals surface area contributed by atoms with E-state index in [2.05, 4.69) is 39.6 Å². The fourth-order valence-electron chi connectivity index (χ4n) is 3.64. The molecule has 2 heterocycles. The summed E-state index contributed by atoms with van der Waals surface area (Å²) in [5, 5.41) is 4.26. The van der Waals surface area contributed by atoms with Gasteiger partial charge in [-0.25, -0.2) is 9.97 Å². The molecule has 0 bridgehead atoms. The molecule has 2 aromatic carbocycles. The number of rotatable bonds is 5. The summed E-state index contributed by atoms with van der Waals surface area (Å²) in [6, 6.07) is 20.2. The Morgan fingerprint density at radius 2 is 1.86 bits per heavy atom. The molecule has 4 aromatic rings. The molecule has 1 unspecified atom stereocenters. The first kappa shape index (κ1) is 17.9. The quantitative estimate of drug-likeness (QED) is 0.365. The van der Waals surface area contributed by atoms with Gasteiger partial charge in [-0.3, -0.25) is 0 Å². The lowest BCUT2D eigenvalue weighted by molar-refractivity contribution is 0.445. The van der Waals surface area contributed by atoms with Crippen molar-refractivity contribution in [3.63, 3.8) is 0 Å². The minimum atomic E-state index is 0.476. The van der Waals surface area contributed by atoms with E-state index in [1.807, 2.05) is 48.5 Å². The number of thiazole rings is 1. The third-order valence-corrected chi connectivity index (χ3v) is 6.08. The van der Waals surface area contributed by atoms with Gasteiger partial charge in [0.2, 0.25) is 5.88 Å². The zero-order chi connectivity index (χ0) is 19.5. The highest BCUT2D eigenvalue weighted by Gasteiger charge is 2.18. The molecule has 0 spiro atoms. The number of nitrogens with one attached hydrogen (secondary N) is 1. The number of para-hydroxylation sites is 1. The van der Waals surface area contributed by atoms with Gasteiger partial charge in [0, 0.05) is 17.4 Å². The standard InChI is InChI=1S/C24H21N3OS/c1-2-7-17(8-3-1)20-9-6-16-25-23(20)28-19-14-12-18(13-15-19)26-24-27-21-10-4-5-11-22(21)29-24/h1-2,4-6,9-17H,3,7-8H2,(H,26,27). The lowest BCUT2D eigenvalue weighted by atomic mass is 9.88. The summed E-state index contributed by atoms with van der Waals surface area (Å²) in [5.41, 5.74) is 3.18. The van der Waals surface area contributed by atoms with Crippen LogP contribution >= 0.6 is 11.3 Å². The van der Waals surface area contributed by atoms with Crippen LogP contribution in [-0.2, 0) is 0 Å². The van der Waals surface area contributed by atoms with Crippen molar-refractivity contribution in [3.8, 4) is 11.6 Å². The molecule has 1 aliphatic rings. The van der Waals surface area contributed by atoms with Gasteiger partial charge in [-0.05, 0) is 67.6 Å². The average Bonchev–Trinajstić information content (AvgIpc) is 3.18. The summed E-state index contributed by atoms with van der Waals surface area (Å²) >= 11 is 1.65. The van der Waals surface area contributed by atoms with Crippen LogP contribution in [0.4, 0.5) is 10.8 Å². The van der Waals surface area contributed by atoms with E-state index in [0.717, 1.165) is 41.3 Å². The molecule has 2 aromatic heterocycles. The molecule has 4 nitrogen and oxygen atoms in total. The Hall–Kier alpha value is -3.18.